The number of amides is 1. The predicted octanol–water partition coefficient (Wildman–Crippen LogP) is 2.94. The summed E-state index contributed by atoms with van der Waals surface area (Å²) in [5.41, 5.74) is 1.13. The van der Waals surface area contributed by atoms with Crippen LogP contribution in [-0.4, -0.2) is 23.1 Å². The highest BCUT2D eigenvalue weighted by atomic mass is 32.1. The van der Waals surface area contributed by atoms with E-state index < -0.39 is 0 Å². The van der Waals surface area contributed by atoms with E-state index in [-0.39, 0.29) is 17.2 Å². The quantitative estimate of drug-likeness (QED) is 0.776. The summed E-state index contributed by atoms with van der Waals surface area (Å²) >= 11 is 1.54. The van der Waals surface area contributed by atoms with E-state index in [1.165, 1.54) is 30.6 Å². The topological polar surface area (TPSA) is 71.5 Å². The van der Waals surface area contributed by atoms with Crippen LogP contribution >= 0.6 is 11.3 Å². The highest BCUT2D eigenvalue weighted by Gasteiger charge is 2.12. The van der Waals surface area contributed by atoms with Crippen molar-refractivity contribution in [3.63, 3.8) is 0 Å². The lowest BCUT2D eigenvalue weighted by molar-refractivity contribution is 0.0948. The number of nitrogens with zero attached hydrogens (tertiary/aromatic N) is 1. The van der Waals surface area contributed by atoms with Gasteiger partial charge in [0.15, 0.2) is 0 Å². The first kappa shape index (κ1) is 14.3. The smallest absolute Gasteiger partial charge is 0.255 e. The number of phenols is 1. The van der Waals surface area contributed by atoms with E-state index in [9.17, 15) is 9.90 Å². The Morgan fingerprint density at radius 2 is 2.14 bits per heavy atom. The average molecular weight is 314 g/mol. The van der Waals surface area contributed by atoms with Crippen molar-refractivity contribution < 1.29 is 14.6 Å². The molecule has 0 spiro atoms. The molecule has 1 amide bonds. The van der Waals surface area contributed by atoms with E-state index in [1.807, 2.05) is 24.3 Å². The molecule has 6 heteroatoms. The van der Waals surface area contributed by atoms with Gasteiger partial charge in [-0.25, -0.2) is 4.98 Å². The van der Waals surface area contributed by atoms with Crippen molar-refractivity contribution in [2.24, 2.45) is 0 Å². The minimum Gasteiger partial charge on any atom is -0.507 e. The second-order valence-electron chi connectivity index (χ2n) is 4.64. The van der Waals surface area contributed by atoms with Crippen LogP contribution in [0.5, 0.6) is 11.5 Å². The summed E-state index contributed by atoms with van der Waals surface area (Å²) in [6.07, 6.45) is 0. The van der Waals surface area contributed by atoms with Gasteiger partial charge in [0.2, 0.25) is 0 Å². The lowest BCUT2D eigenvalue weighted by atomic mass is 10.2. The summed E-state index contributed by atoms with van der Waals surface area (Å²) in [7, 11) is 1.50. The molecule has 0 atom stereocenters. The second kappa shape index (κ2) is 6.03. The third-order valence-corrected chi connectivity index (χ3v) is 4.22. The van der Waals surface area contributed by atoms with Crippen LogP contribution in [0.25, 0.3) is 10.2 Å². The first-order valence-corrected chi connectivity index (χ1v) is 7.48. The van der Waals surface area contributed by atoms with Crippen molar-refractivity contribution in [1.82, 2.24) is 10.3 Å². The number of rotatable bonds is 4. The van der Waals surface area contributed by atoms with Gasteiger partial charge in [-0.15, -0.1) is 11.3 Å². The monoisotopic (exact) mass is 314 g/mol. The number of hydrogen-bond acceptors (Lipinski definition) is 5. The molecule has 0 saturated carbocycles. The molecule has 2 N–H and O–H groups in total. The summed E-state index contributed by atoms with van der Waals surface area (Å²) in [6.45, 7) is 0.323. The van der Waals surface area contributed by atoms with Crippen molar-refractivity contribution in [2.75, 3.05) is 7.11 Å². The molecule has 1 aromatic heterocycles. The highest BCUT2D eigenvalue weighted by Crippen LogP contribution is 2.24. The Labute approximate surface area is 131 Å². The Morgan fingerprint density at radius 1 is 1.32 bits per heavy atom. The zero-order chi connectivity index (χ0) is 15.5. The third-order valence-electron chi connectivity index (χ3n) is 3.19. The number of phenolic OH excluding ortho intramolecular Hbond substituents is 1. The molecule has 0 aliphatic carbocycles. The Balaban J connectivity index is 1.71. The van der Waals surface area contributed by atoms with Gasteiger partial charge in [-0.3, -0.25) is 4.79 Å². The van der Waals surface area contributed by atoms with Crippen LogP contribution in [0.3, 0.4) is 0 Å². The van der Waals surface area contributed by atoms with Gasteiger partial charge in [-0.2, -0.15) is 0 Å². The van der Waals surface area contributed by atoms with E-state index in [2.05, 4.69) is 10.3 Å². The number of aromatic nitrogens is 1. The van der Waals surface area contributed by atoms with Gasteiger partial charge in [0, 0.05) is 6.07 Å². The number of thiazole rings is 1. The van der Waals surface area contributed by atoms with Crippen LogP contribution in [0.2, 0.25) is 0 Å². The Bertz CT molecular complexity index is 796. The van der Waals surface area contributed by atoms with Gasteiger partial charge < -0.3 is 15.2 Å². The van der Waals surface area contributed by atoms with Crippen LogP contribution in [0.15, 0.2) is 42.5 Å². The Kier molecular flexibility index (Phi) is 3.93. The number of carbonyl (C=O) groups is 1. The fraction of sp³-hybridized carbons (Fsp3) is 0.125. The molecule has 0 radical (unpaired) electrons. The molecule has 0 saturated heterocycles. The minimum absolute atomic E-state index is 0.110. The molecule has 3 aromatic rings. The van der Waals surface area contributed by atoms with Crippen LogP contribution in [0, 0.1) is 0 Å². The highest BCUT2D eigenvalue weighted by molar-refractivity contribution is 7.18. The lowest BCUT2D eigenvalue weighted by Gasteiger charge is -2.07. The van der Waals surface area contributed by atoms with Gasteiger partial charge in [0.25, 0.3) is 5.91 Å². The van der Waals surface area contributed by atoms with Crippen LogP contribution in [0.1, 0.15) is 15.4 Å². The standard InChI is InChI=1S/C16H14N2O3S/c1-21-10-6-7-11(13(19)8-10)16(20)17-9-15-18-12-4-2-3-5-14(12)22-15/h2-8,19H,9H2,1H3,(H,17,20). The van der Waals surface area contributed by atoms with Crippen molar-refractivity contribution in [3.8, 4) is 11.5 Å². The molecule has 0 fully saturated rings. The lowest BCUT2D eigenvalue weighted by Crippen LogP contribution is -2.22. The summed E-state index contributed by atoms with van der Waals surface area (Å²) in [5, 5.41) is 13.4. The molecule has 22 heavy (non-hydrogen) atoms. The number of para-hydroxylation sites is 1. The molecule has 0 bridgehead atoms. The normalized spacial score (nSPS) is 10.6. The van der Waals surface area contributed by atoms with Crippen molar-refractivity contribution in [2.45, 2.75) is 6.54 Å². The van der Waals surface area contributed by atoms with E-state index >= 15 is 0 Å². The molecule has 0 unspecified atom stereocenters. The van der Waals surface area contributed by atoms with Crippen molar-refractivity contribution in [1.29, 1.82) is 0 Å². The average Bonchev–Trinajstić information content (AvgIpc) is 2.95. The number of fused-ring (bicyclic) bond motifs is 1. The molecular weight excluding hydrogens is 300 g/mol. The first-order chi connectivity index (χ1) is 10.7. The number of methoxy groups -OCH3 is 1. The van der Waals surface area contributed by atoms with E-state index in [1.54, 1.807) is 6.07 Å². The Morgan fingerprint density at radius 3 is 2.86 bits per heavy atom. The number of hydrogen-bond donors (Lipinski definition) is 2. The van der Waals surface area contributed by atoms with E-state index in [0.29, 0.717) is 12.3 Å². The number of aromatic hydroxyl groups is 1. The van der Waals surface area contributed by atoms with Gasteiger partial charge in [0.1, 0.15) is 16.5 Å². The number of carbonyl (C=O) groups excluding carboxylic acids is 1. The van der Waals surface area contributed by atoms with Gasteiger partial charge >= 0.3 is 0 Å². The SMILES string of the molecule is COc1ccc(C(=O)NCc2nc3ccccc3s2)c(O)c1. The van der Waals surface area contributed by atoms with E-state index in [4.69, 9.17) is 4.74 Å². The summed E-state index contributed by atoms with van der Waals surface area (Å²) in [4.78, 5) is 16.6. The molecular formula is C16H14N2O3S. The molecule has 112 valence electrons. The minimum atomic E-state index is -0.348. The zero-order valence-corrected chi connectivity index (χ0v) is 12.7. The fourth-order valence-corrected chi connectivity index (χ4v) is 2.98. The van der Waals surface area contributed by atoms with Crippen molar-refractivity contribution >= 4 is 27.5 Å². The van der Waals surface area contributed by atoms with Crippen LogP contribution in [-0.2, 0) is 6.54 Å². The number of benzene rings is 2. The first-order valence-electron chi connectivity index (χ1n) is 6.67. The summed E-state index contributed by atoms with van der Waals surface area (Å²) < 4.78 is 6.08. The third kappa shape index (κ3) is 2.87. The maximum absolute atomic E-state index is 12.1. The van der Waals surface area contributed by atoms with Gasteiger partial charge in [-0.05, 0) is 24.3 Å². The summed E-state index contributed by atoms with van der Waals surface area (Å²) in [5.74, 6) is 0.0424. The zero-order valence-electron chi connectivity index (χ0n) is 11.9. The molecule has 2 aromatic carbocycles. The largest absolute Gasteiger partial charge is 0.507 e. The predicted molar refractivity (Wildman–Crippen MR) is 85.4 cm³/mol. The van der Waals surface area contributed by atoms with Crippen LogP contribution in [0.4, 0.5) is 0 Å². The fourth-order valence-electron chi connectivity index (χ4n) is 2.08. The molecule has 3 rings (SSSR count). The maximum Gasteiger partial charge on any atom is 0.255 e. The Hall–Kier alpha value is -2.60. The van der Waals surface area contributed by atoms with Gasteiger partial charge in [-0.1, -0.05) is 12.1 Å². The number of nitrogens with one attached hydrogen (secondary N) is 1. The molecule has 5 nitrogen and oxygen atoms in total. The van der Waals surface area contributed by atoms with Crippen LogP contribution < -0.4 is 10.1 Å². The second-order valence-corrected chi connectivity index (χ2v) is 5.76. The molecule has 0 aliphatic rings. The van der Waals surface area contributed by atoms with E-state index in [0.717, 1.165) is 15.2 Å². The number of ether oxygens (including phenoxy) is 1. The maximum atomic E-state index is 12.1. The van der Waals surface area contributed by atoms with Gasteiger partial charge in [0.05, 0.1) is 29.4 Å². The molecule has 0 aliphatic heterocycles. The van der Waals surface area contributed by atoms with Crippen molar-refractivity contribution in [3.05, 3.63) is 53.0 Å². The molecule has 1 heterocycles. The summed E-state index contributed by atoms with van der Waals surface area (Å²) in [6, 6.07) is 12.4.